The first-order chi connectivity index (χ1) is 10.2. The number of hydrogen-bond donors (Lipinski definition) is 2. The Labute approximate surface area is 141 Å². The van der Waals surface area contributed by atoms with E-state index in [4.69, 9.17) is 16.3 Å². The molecule has 0 aliphatic heterocycles. The van der Waals surface area contributed by atoms with Crippen molar-refractivity contribution in [1.82, 2.24) is 10.6 Å². The highest BCUT2D eigenvalue weighted by Gasteiger charge is 2.32. The highest BCUT2D eigenvalue weighted by Crippen LogP contribution is 2.34. The standard InChI is InChI=1S/C16H25ClN2O2S/c1-10(12-7-14(17)22-9-12)19-13(11-5-6-11)8-18-15(20)21-16(2,3)4/h7,9-11,13,19H,5-6,8H2,1-4H3,(H,18,20). The summed E-state index contributed by atoms with van der Waals surface area (Å²) in [4.78, 5) is 11.8. The van der Waals surface area contributed by atoms with E-state index in [1.54, 1.807) is 11.3 Å². The number of halogens is 1. The number of amides is 1. The van der Waals surface area contributed by atoms with Gasteiger partial charge in [0, 0.05) is 18.6 Å². The van der Waals surface area contributed by atoms with Crippen LogP contribution in [0.25, 0.3) is 0 Å². The van der Waals surface area contributed by atoms with Gasteiger partial charge in [0.2, 0.25) is 0 Å². The number of ether oxygens (including phenoxy) is 1. The topological polar surface area (TPSA) is 50.4 Å². The van der Waals surface area contributed by atoms with Crippen LogP contribution in [-0.4, -0.2) is 24.3 Å². The van der Waals surface area contributed by atoms with Crippen LogP contribution in [0, 0.1) is 5.92 Å². The Morgan fingerprint density at radius 1 is 1.50 bits per heavy atom. The maximum Gasteiger partial charge on any atom is 0.407 e. The molecule has 124 valence electrons. The molecule has 6 heteroatoms. The summed E-state index contributed by atoms with van der Waals surface area (Å²) < 4.78 is 6.09. The van der Waals surface area contributed by atoms with Gasteiger partial charge in [-0.25, -0.2) is 4.79 Å². The van der Waals surface area contributed by atoms with Crippen molar-refractivity contribution in [3.05, 3.63) is 21.3 Å². The summed E-state index contributed by atoms with van der Waals surface area (Å²) in [5.41, 5.74) is 0.728. The van der Waals surface area contributed by atoms with Gasteiger partial charge in [-0.1, -0.05) is 11.6 Å². The van der Waals surface area contributed by atoms with Gasteiger partial charge in [0.15, 0.2) is 0 Å². The quantitative estimate of drug-likeness (QED) is 0.806. The lowest BCUT2D eigenvalue weighted by molar-refractivity contribution is 0.0520. The van der Waals surface area contributed by atoms with E-state index in [0.29, 0.717) is 12.5 Å². The second-order valence-electron chi connectivity index (χ2n) is 6.90. The molecule has 1 aliphatic carbocycles. The van der Waals surface area contributed by atoms with E-state index in [9.17, 15) is 4.79 Å². The molecule has 2 unspecified atom stereocenters. The number of rotatable bonds is 6. The molecule has 0 aromatic carbocycles. The van der Waals surface area contributed by atoms with E-state index < -0.39 is 5.60 Å². The van der Waals surface area contributed by atoms with Crippen LogP contribution in [0.4, 0.5) is 4.79 Å². The second kappa shape index (κ2) is 7.20. The third-order valence-corrected chi connectivity index (χ3v) is 4.72. The molecule has 2 rings (SSSR count). The van der Waals surface area contributed by atoms with Gasteiger partial charge in [-0.05, 0) is 63.5 Å². The van der Waals surface area contributed by atoms with Gasteiger partial charge < -0.3 is 15.4 Å². The van der Waals surface area contributed by atoms with Gasteiger partial charge in [0.05, 0.1) is 4.34 Å². The SMILES string of the molecule is CC(NC(CNC(=O)OC(C)(C)C)C1CC1)c1csc(Cl)c1. The zero-order chi connectivity index (χ0) is 16.3. The molecular weight excluding hydrogens is 320 g/mol. The number of alkyl carbamates (subject to hydrolysis) is 1. The van der Waals surface area contributed by atoms with Crippen molar-refractivity contribution in [2.45, 2.75) is 58.2 Å². The zero-order valence-electron chi connectivity index (χ0n) is 13.6. The summed E-state index contributed by atoms with van der Waals surface area (Å²) in [6, 6.07) is 2.48. The van der Waals surface area contributed by atoms with Crippen molar-refractivity contribution < 1.29 is 9.53 Å². The molecule has 1 aromatic heterocycles. The molecule has 0 bridgehead atoms. The molecule has 1 saturated carbocycles. The van der Waals surface area contributed by atoms with Gasteiger partial charge >= 0.3 is 6.09 Å². The lowest BCUT2D eigenvalue weighted by Gasteiger charge is -2.25. The molecular formula is C16H25ClN2O2S. The lowest BCUT2D eigenvalue weighted by atomic mass is 10.1. The maximum absolute atomic E-state index is 11.8. The Hall–Kier alpha value is -0.780. The minimum atomic E-state index is -0.465. The van der Waals surface area contributed by atoms with Crippen LogP contribution >= 0.6 is 22.9 Å². The number of nitrogens with one attached hydrogen (secondary N) is 2. The van der Waals surface area contributed by atoms with Gasteiger partial charge in [-0.15, -0.1) is 11.3 Å². The summed E-state index contributed by atoms with van der Waals surface area (Å²) in [6.45, 7) is 8.31. The molecule has 0 spiro atoms. The van der Waals surface area contributed by atoms with Crippen LogP contribution in [0.15, 0.2) is 11.4 Å². The summed E-state index contributed by atoms with van der Waals surface area (Å²) in [5, 5.41) is 8.55. The fraction of sp³-hybridized carbons (Fsp3) is 0.688. The molecule has 0 saturated heterocycles. The minimum Gasteiger partial charge on any atom is -0.444 e. The molecule has 1 aromatic rings. The predicted molar refractivity (Wildman–Crippen MR) is 91.6 cm³/mol. The van der Waals surface area contributed by atoms with Crippen molar-refractivity contribution in [3.63, 3.8) is 0 Å². The third kappa shape index (κ3) is 5.78. The van der Waals surface area contributed by atoms with Crippen molar-refractivity contribution in [2.75, 3.05) is 6.54 Å². The molecule has 1 heterocycles. The Bertz CT molecular complexity index is 508. The summed E-state index contributed by atoms with van der Waals surface area (Å²) in [7, 11) is 0. The maximum atomic E-state index is 11.8. The zero-order valence-corrected chi connectivity index (χ0v) is 15.2. The van der Waals surface area contributed by atoms with E-state index in [2.05, 4.69) is 22.9 Å². The molecule has 4 nitrogen and oxygen atoms in total. The van der Waals surface area contributed by atoms with Crippen molar-refractivity contribution in [3.8, 4) is 0 Å². The Morgan fingerprint density at radius 2 is 2.18 bits per heavy atom. The molecule has 2 N–H and O–H groups in total. The van der Waals surface area contributed by atoms with E-state index >= 15 is 0 Å². The second-order valence-corrected chi connectivity index (χ2v) is 8.44. The average molecular weight is 345 g/mol. The van der Waals surface area contributed by atoms with Crippen LogP contribution in [0.3, 0.4) is 0 Å². The van der Waals surface area contributed by atoms with Crippen LogP contribution in [0.5, 0.6) is 0 Å². The molecule has 1 amide bonds. The van der Waals surface area contributed by atoms with Crippen LogP contribution in [0.2, 0.25) is 4.34 Å². The van der Waals surface area contributed by atoms with Crippen molar-refractivity contribution in [2.24, 2.45) is 5.92 Å². The van der Waals surface area contributed by atoms with Crippen molar-refractivity contribution in [1.29, 1.82) is 0 Å². The van der Waals surface area contributed by atoms with Gasteiger partial charge in [0.25, 0.3) is 0 Å². The summed E-state index contributed by atoms with van der Waals surface area (Å²) in [6.07, 6.45) is 2.07. The van der Waals surface area contributed by atoms with Crippen LogP contribution in [-0.2, 0) is 4.74 Å². The molecule has 1 fully saturated rings. The molecule has 22 heavy (non-hydrogen) atoms. The van der Waals surface area contributed by atoms with E-state index in [1.807, 2.05) is 26.8 Å². The highest BCUT2D eigenvalue weighted by atomic mass is 35.5. The third-order valence-electron chi connectivity index (χ3n) is 3.61. The summed E-state index contributed by atoms with van der Waals surface area (Å²) in [5.74, 6) is 0.631. The number of carbonyl (C=O) groups is 1. The van der Waals surface area contributed by atoms with Gasteiger partial charge in [-0.3, -0.25) is 0 Å². The molecule has 2 atom stereocenters. The Kier molecular flexibility index (Phi) is 5.75. The minimum absolute atomic E-state index is 0.217. The van der Waals surface area contributed by atoms with E-state index in [1.165, 1.54) is 18.4 Å². The summed E-state index contributed by atoms with van der Waals surface area (Å²) >= 11 is 7.54. The number of carbonyl (C=O) groups excluding carboxylic acids is 1. The highest BCUT2D eigenvalue weighted by molar-refractivity contribution is 7.14. The van der Waals surface area contributed by atoms with Gasteiger partial charge in [-0.2, -0.15) is 0 Å². The van der Waals surface area contributed by atoms with Crippen LogP contribution in [0.1, 0.15) is 52.1 Å². The monoisotopic (exact) mass is 344 g/mol. The van der Waals surface area contributed by atoms with E-state index in [-0.39, 0.29) is 18.2 Å². The molecule has 0 radical (unpaired) electrons. The molecule has 1 aliphatic rings. The first-order valence-corrected chi connectivity index (χ1v) is 8.97. The smallest absolute Gasteiger partial charge is 0.407 e. The van der Waals surface area contributed by atoms with Crippen molar-refractivity contribution >= 4 is 29.0 Å². The Balaban J connectivity index is 1.84. The fourth-order valence-corrected chi connectivity index (χ4v) is 3.32. The van der Waals surface area contributed by atoms with Crippen LogP contribution < -0.4 is 10.6 Å². The first kappa shape index (κ1) is 17.6. The fourth-order valence-electron chi connectivity index (χ4n) is 2.34. The normalized spacial score (nSPS) is 17.9. The first-order valence-electron chi connectivity index (χ1n) is 7.71. The lowest BCUT2D eigenvalue weighted by Crippen LogP contribution is -2.44. The predicted octanol–water partition coefficient (Wildman–Crippen LogP) is 4.36. The van der Waals surface area contributed by atoms with Gasteiger partial charge in [0.1, 0.15) is 5.60 Å². The average Bonchev–Trinajstić information content (AvgIpc) is 3.14. The number of hydrogen-bond acceptors (Lipinski definition) is 4. The largest absolute Gasteiger partial charge is 0.444 e. The van der Waals surface area contributed by atoms with E-state index in [0.717, 1.165) is 4.34 Å². The number of thiophene rings is 1. The Morgan fingerprint density at radius 3 is 2.68 bits per heavy atom.